The van der Waals surface area contributed by atoms with Gasteiger partial charge in [-0.3, -0.25) is 4.79 Å². The van der Waals surface area contributed by atoms with E-state index in [0.29, 0.717) is 6.61 Å². The summed E-state index contributed by atoms with van der Waals surface area (Å²) in [5.41, 5.74) is 0.150. The first-order valence-corrected chi connectivity index (χ1v) is 2.99. The van der Waals surface area contributed by atoms with Crippen LogP contribution in [-0.2, 0) is 9.53 Å². The van der Waals surface area contributed by atoms with Crippen LogP contribution in [0.1, 0.15) is 20.8 Å². The van der Waals surface area contributed by atoms with E-state index in [1.807, 2.05) is 0 Å². The molecule has 0 aromatic rings. The van der Waals surface area contributed by atoms with E-state index in [9.17, 15) is 4.79 Å². The molecule has 0 aliphatic heterocycles. The van der Waals surface area contributed by atoms with Crippen LogP contribution in [0.15, 0.2) is 0 Å². The fourth-order valence-electron chi connectivity index (χ4n) is 0.399. The van der Waals surface area contributed by atoms with Crippen LogP contribution >= 0.6 is 0 Å². The van der Waals surface area contributed by atoms with E-state index in [-0.39, 0.29) is 12.0 Å². The molecule has 0 amide bonds. The van der Waals surface area contributed by atoms with Crippen molar-refractivity contribution in [3.05, 3.63) is 0 Å². The Morgan fingerprint density at radius 2 is 2.00 bits per heavy atom. The van der Waals surface area contributed by atoms with Gasteiger partial charge >= 0.3 is 0 Å². The first-order chi connectivity index (χ1) is 4.06. The molecule has 0 rings (SSSR count). The third-order valence-corrected chi connectivity index (χ3v) is 0.696. The highest BCUT2D eigenvalue weighted by molar-refractivity contribution is 5.51. The van der Waals surface area contributed by atoms with Gasteiger partial charge in [-0.15, -0.1) is 0 Å². The topological polar surface area (TPSA) is 26.3 Å². The number of hydrogen-bond acceptors (Lipinski definition) is 2. The minimum atomic E-state index is 0.0945. The molecule has 0 aliphatic carbocycles. The summed E-state index contributed by atoms with van der Waals surface area (Å²) >= 11 is 0. The van der Waals surface area contributed by atoms with Gasteiger partial charge in [-0.25, -0.2) is 0 Å². The van der Waals surface area contributed by atoms with Crippen LogP contribution in [0.25, 0.3) is 0 Å². The first kappa shape index (κ1) is 8.63. The highest BCUT2D eigenvalue weighted by Crippen LogP contribution is 2.11. The maximum absolute atomic E-state index is 9.64. The SMILES string of the molecule is CC(C)(C)COC[C]=O. The Morgan fingerprint density at radius 3 is 2.33 bits per heavy atom. The molecule has 53 valence electrons. The van der Waals surface area contributed by atoms with Crippen molar-refractivity contribution in [3.63, 3.8) is 0 Å². The van der Waals surface area contributed by atoms with Crippen LogP contribution in [-0.4, -0.2) is 19.5 Å². The van der Waals surface area contributed by atoms with Gasteiger partial charge in [0.25, 0.3) is 0 Å². The molecule has 0 unspecified atom stereocenters. The van der Waals surface area contributed by atoms with Crippen LogP contribution in [0, 0.1) is 5.41 Å². The summed E-state index contributed by atoms with van der Waals surface area (Å²) < 4.78 is 4.92. The molecule has 0 spiro atoms. The van der Waals surface area contributed by atoms with Gasteiger partial charge in [0.2, 0.25) is 6.29 Å². The van der Waals surface area contributed by atoms with Crippen LogP contribution in [0.3, 0.4) is 0 Å². The second-order valence-electron chi connectivity index (χ2n) is 3.20. The molecule has 2 heteroatoms. The molecule has 0 fully saturated rings. The van der Waals surface area contributed by atoms with Crippen molar-refractivity contribution in [2.45, 2.75) is 20.8 Å². The molecule has 9 heavy (non-hydrogen) atoms. The summed E-state index contributed by atoms with van der Waals surface area (Å²) in [5, 5.41) is 0. The summed E-state index contributed by atoms with van der Waals surface area (Å²) in [7, 11) is 0. The average molecular weight is 129 g/mol. The van der Waals surface area contributed by atoms with Crippen molar-refractivity contribution in [3.8, 4) is 0 Å². The number of rotatable bonds is 3. The van der Waals surface area contributed by atoms with E-state index in [2.05, 4.69) is 20.8 Å². The molecule has 0 saturated carbocycles. The lowest BCUT2D eigenvalue weighted by molar-refractivity contribution is 0.0965. The first-order valence-electron chi connectivity index (χ1n) is 2.99. The molecule has 0 aromatic carbocycles. The molecule has 0 aliphatic rings. The Labute approximate surface area is 56.2 Å². The van der Waals surface area contributed by atoms with E-state index in [1.54, 1.807) is 6.29 Å². The van der Waals surface area contributed by atoms with Gasteiger partial charge in [0.1, 0.15) is 6.61 Å². The largest absolute Gasteiger partial charge is 0.373 e. The van der Waals surface area contributed by atoms with Gasteiger partial charge in [-0.2, -0.15) is 0 Å². The normalized spacial score (nSPS) is 11.4. The lowest BCUT2D eigenvalue weighted by atomic mass is 9.99. The molecule has 0 heterocycles. The number of hydrogen-bond donors (Lipinski definition) is 0. The Balaban J connectivity index is 3.17. The minimum absolute atomic E-state index is 0.0945. The lowest BCUT2D eigenvalue weighted by Gasteiger charge is -2.16. The Morgan fingerprint density at radius 1 is 1.44 bits per heavy atom. The van der Waals surface area contributed by atoms with Gasteiger partial charge in [0, 0.05) is 0 Å². The molecule has 0 atom stereocenters. The highest BCUT2D eigenvalue weighted by Gasteiger charge is 2.08. The smallest absolute Gasteiger partial charge is 0.226 e. The zero-order valence-corrected chi connectivity index (χ0v) is 6.23. The number of ether oxygens (including phenoxy) is 1. The van der Waals surface area contributed by atoms with Gasteiger partial charge in [0.15, 0.2) is 0 Å². The Hall–Kier alpha value is -0.370. The zero-order chi connectivity index (χ0) is 7.33. The maximum Gasteiger partial charge on any atom is 0.226 e. The summed E-state index contributed by atoms with van der Waals surface area (Å²) in [4.78, 5) is 9.64. The van der Waals surface area contributed by atoms with E-state index < -0.39 is 0 Å². The van der Waals surface area contributed by atoms with Crippen LogP contribution < -0.4 is 0 Å². The summed E-state index contributed by atoms with van der Waals surface area (Å²) in [6.45, 7) is 6.87. The van der Waals surface area contributed by atoms with Crippen molar-refractivity contribution < 1.29 is 9.53 Å². The summed E-state index contributed by atoms with van der Waals surface area (Å²) in [5.74, 6) is 0. The van der Waals surface area contributed by atoms with E-state index in [1.165, 1.54) is 0 Å². The maximum atomic E-state index is 9.64. The van der Waals surface area contributed by atoms with E-state index in [4.69, 9.17) is 4.74 Å². The zero-order valence-electron chi connectivity index (χ0n) is 6.23. The molecular weight excluding hydrogens is 116 g/mol. The molecule has 1 radical (unpaired) electrons. The molecule has 2 nitrogen and oxygen atoms in total. The van der Waals surface area contributed by atoms with Crippen molar-refractivity contribution in [2.75, 3.05) is 13.2 Å². The van der Waals surface area contributed by atoms with Crippen LogP contribution in [0.4, 0.5) is 0 Å². The standard InChI is InChI=1S/C7H13O2/c1-7(2,3)6-9-5-4-8/h5-6H2,1-3H3. The fraction of sp³-hybridized carbons (Fsp3) is 0.857. The molecule has 0 saturated heterocycles. The van der Waals surface area contributed by atoms with Crippen molar-refractivity contribution in [1.29, 1.82) is 0 Å². The van der Waals surface area contributed by atoms with Gasteiger partial charge in [-0.1, -0.05) is 20.8 Å². The van der Waals surface area contributed by atoms with E-state index >= 15 is 0 Å². The van der Waals surface area contributed by atoms with Crippen molar-refractivity contribution in [1.82, 2.24) is 0 Å². The Kier molecular flexibility index (Phi) is 3.47. The third-order valence-electron chi connectivity index (χ3n) is 0.696. The van der Waals surface area contributed by atoms with Gasteiger partial charge < -0.3 is 4.74 Å². The summed E-state index contributed by atoms with van der Waals surface area (Å²) in [6.07, 6.45) is 1.67. The number of carbonyl (C=O) groups excluding carboxylic acids is 1. The lowest BCUT2D eigenvalue weighted by Crippen LogP contribution is -2.15. The predicted molar refractivity (Wildman–Crippen MR) is 36.0 cm³/mol. The second kappa shape index (κ2) is 3.62. The summed E-state index contributed by atoms with van der Waals surface area (Å²) in [6, 6.07) is 0. The molecular formula is C7H13O2. The highest BCUT2D eigenvalue weighted by atomic mass is 16.5. The average Bonchev–Trinajstić information content (AvgIpc) is 1.63. The van der Waals surface area contributed by atoms with Crippen LogP contribution in [0.2, 0.25) is 0 Å². The quantitative estimate of drug-likeness (QED) is 0.534. The molecule has 0 N–H and O–H groups in total. The van der Waals surface area contributed by atoms with Crippen molar-refractivity contribution in [2.24, 2.45) is 5.41 Å². The fourth-order valence-corrected chi connectivity index (χ4v) is 0.399. The molecule has 0 bridgehead atoms. The van der Waals surface area contributed by atoms with E-state index in [0.717, 1.165) is 0 Å². The third kappa shape index (κ3) is 7.63. The van der Waals surface area contributed by atoms with Crippen molar-refractivity contribution >= 4 is 6.29 Å². The second-order valence-corrected chi connectivity index (χ2v) is 3.20. The molecule has 0 aromatic heterocycles. The Bertz CT molecular complexity index is 81.4. The van der Waals surface area contributed by atoms with Crippen LogP contribution in [0.5, 0.6) is 0 Å². The minimum Gasteiger partial charge on any atom is -0.373 e. The monoisotopic (exact) mass is 129 g/mol. The van der Waals surface area contributed by atoms with Gasteiger partial charge in [-0.05, 0) is 5.41 Å². The van der Waals surface area contributed by atoms with Gasteiger partial charge in [0.05, 0.1) is 6.61 Å². The predicted octanol–water partition coefficient (Wildman–Crippen LogP) is 1.16.